The number of fused-ring (bicyclic) bond motifs is 1. The number of unbranched alkanes of at least 4 members (excludes halogenated alkanes) is 5. The molecule has 54 heavy (non-hydrogen) atoms. The van der Waals surface area contributed by atoms with Gasteiger partial charge in [0.2, 0.25) is 5.91 Å². The highest BCUT2D eigenvalue weighted by Crippen LogP contribution is 2.35. The zero-order valence-corrected chi connectivity index (χ0v) is 33.8. The molecule has 0 aliphatic carbocycles. The summed E-state index contributed by atoms with van der Waals surface area (Å²) in [4.78, 5) is 35.2. The fourth-order valence-electron chi connectivity index (χ4n) is 6.30. The number of aryl methyl sites for hydroxylation is 1. The van der Waals surface area contributed by atoms with Crippen LogP contribution in [0.4, 0.5) is 5.82 Å². The van der Waals surface area contributed by atoms with E-state index in [4.69, 9.17) is 20.2 Å². The molecule has 292 valence electrons. The summed E-state index contributed by atoms with van der Waals surface area (Å²) in [5.74, 6) is 2.00. The molecule has 3 aromatic carbocycles. The van der Waals surface area contributed by atoms with E-state index in [1.54, 1.807) is 7.11 Å². The van der Waals surface area contributed by atoms with Crippen LogP contribution < -0.4 is 31.2 Å². The van der Waals surface area contributed by atoms with Crippen LogP contribution in [-0.2, 0) is 16.0 Å². The molecule has 4 aromatic rings. The number of aliphatic hydroxyl groups is 1. The maximum Gasteiger partial charge on any atom is 0.251 e. The van der Waals surface area contributed by atoms with Crippen LogP contribution in [0, 0.1) is 12.8 Å². The number of rotatable bonds is 22. The third-order valence-electron chi connectivity index (χ3n) is 9.25. The van der Waals surface area contributed by atoms with Gasteiger partial charge in [-0.1, -0.05) is 97.9 Å². The molecule has 0 unspecified atom stereocenters. The molecule has 4 rings (SSSR count). The highest BCUT2D eigenvalue weighted by Gasteiger charge is 2.28. The van der Waals surface area contributed by atoms with Crippen LogP contribution in [0.1, 0.15) is 88.7 Å². The number of carbonyl (C=O) groups is 2. The first kappa shape index (κ1) is 42.5. The Labute approximate surface area is 328 Å². The van der Waals surface area contributed by atoms with Gasteiger partial charge in [0.1, 0.15) is 23.8 Å². The normalized spacial score (nSPS) is 13.6. The Kier molecular flexibility index (Phi) is 17.0. The van der Waals surface area contributed by atoms with Crippen LogP contribution in [-0.4, -0.2) is 65.3 Å². The number of aliphatic hydroxyl groups excluding tert-OH is 1. The quantitative estimate of drug-likeness (QED) is 0.0519. The average molecular weight is 806 g/mol. The van der Waals surface area contributed by atoms with E-state index >= 15 is 0 Å². The molecule has 0 fully saturated rings. The van der Waals surface area contributed by atoms with E-state index < -0.39 is 24.1 Å². The monoisotopic (exact) mass is 804 g/mol. The number of nitrogens with one attached hydrogen (secondary N) is 3. The van der Waals surface area contributed by atoms with Gasteiger partial charge in [-0.25, -0.2) is 9.97 Å². The van der Waals surface area contributed by atoms with Crippen LogP contribution in [0.25, 0.3) is 10.9 Å². The smallest absolute Gasteiger partial charge is 0.251 e. The number of nitrogens with two attached hydrogens (primary N) is 1. The molecule has 2 amide bonds. The van der Waals surface area contributed by atoms with Gasteiger partial charge in [0.25, 0.3) is 5.91 Å². The highest BCUT2D eigenvalue weighted by molar-refractivity contribution is 9.10. The maximum atomic E-state index is 13.0. The molecule has 0 aliphatic heterocycles. The number of aromatic nitrogens is 2. The lowest BCUT2D eigenvalue weighted by atomic mass is 9.99. The fourth-order valence-corrected chi connectivity index (χ4v) is 6.72. The van der Waals surface area contributed by atoms with Crippen molar-refractivity contribution in [1.82, 2.24) is 20.6 Å². The van der Waals surface area contributed by atoms with Gasteiger partial charge in [-0.15, -0.1) is 0 Å². The number of hydrogen-bond acceptors (Lipinski definition) is 9. The summed E-state index contributed by atoms with van der Waals surface area (Å²) in [6, 6.07) is 20.0. The molecule has 6 N–H and O–H groups in total. The van der Waals surface area contributed by atoms with E-state index in [2.05, 4.69) is 55.9 Å². The van der Waals surface area contributed by atoms with Crippen molar-refractivity contribution in [2.75, 3.05) is 25.6 Å². The van der Waals surface area contributed by atoms with Gasteiger partial charge in [-0.2, -0.15) is 0 Å². The molecule has 1 aromatic heterocycles. The summed E-state index contributed by atoms with van der Waals surface area (Å²) in [5.41, 5.74) is 8.99. The SMILES string of the molecule is COc1cc2c(N[C@H](C)c3cccc(Br)c3)nc(C)nc2cc1OCCCCCCCCNC(=O)[C@H](CC(C)C)NC(=O)[C@@H](O)[C@H](N)Cc1ccccc1. The predicted octanol–water partition coefficient (Wildman–Crippen LogP) is 7.18. The van der Waals surface area contributed by atoms with Crippen molar-refractivity contribution in [2.45, 2.75) is 103 Å². The summed E-state index contributed by atoms with van der Waals surface area (Å²) in [6.45, 7) is 9.04. The van der Waals surface area contributed by atoms with Crippen molar-refractivity contribution in [1.29, 1.82) is 0 Å². The third-order valence-corrected chi connectivity index (χ3v) is 9.74. The van der Waals surface area contributed by atoms with E-state index in [1.165, 1.54) is 0 Å². The van der Waals surface area contributed by atoms with E-state index in [-0.39, 0.29) is 17.9 Å². The molecule has 0 bridgehead atoms. The van der Waals surface area contributed by atoms with Crippen LogP contribution in [0.15, 0.2) is 71.2 Å². The number of amides is 2. The Morgan fingerprint density at radius 2 is 1.61 bits per heavy atom. The van der Waals surface area contributed by atoms with Crippen LogP contribution in [0.5, 0.6) is 11.5 Å². The number of halogens is 1. The van der Waals surface area contributed by atoms with Crippen molar-refractivity contribution in [3.63, 3.8) is 0 Å². The Morgan fingerprint density at radius 1 is 0.889 bits per heavy atom. The highest BCUT2D eigenvalue weighted by atomic mass is 79.9. The van der Waals surface area contributed by atoms with Gasteiger partial charge in [-0.05, 0) is 74.8 Å². The average Bonchev–Trinajstić information content (AvgIpc) is 3.14. The van der Waals surface area contributed by atoms with Gasteiger partial charge in [0.05, 0.1) is 25.3 Å². The summed E-state index contributed by atoms with van der Waals surface area (Å²) in [5, 5.41) is 20.7. The van der Waals surface area contributed by atoms with E-state index in [0.29, 0.717) is 43.3 Å². The summed E-state index contributed by atoms with van der Waals surface area (Å²) in [6.07, 6.45) is 5.22. The van der Waals surface area contributed by atoms with Crippen molar-refractivity contribution in [3.8, 4) is 11.5 Å². The Bertz CT molecular complexity index is 1790. The van der Waals surface area contributed by atoms with Crippen LogP contribution in [0.2, 0.25) is 0 Å². The van der Waals surface area contributed by atoms with E-state index in [1.807, 2.05) is 75.4 Å². The Hall–Kier alpha value is -4.26. The largest absolute Gasteiger partial charge is 0.493 e. The second-order valence-electron chi connectivity index (χ2n) is 14.3. The Balaban J connectivity index is 1.16. The molecule has 11 nitrogen and oxygen atoms in total. The molecule has 0 aliphatic rings. The van der Waals surface area contributed by atoms with E-state index in [0.717, 1.165) is 70.8 Å². The third kappa shape index (κ3) is 13.2. The van der Waals surface area contributed by atoms with Crippen molar-refractivity contribution >= 4 is 44.5 Å². The van der Waals surface area contributed by atoms with Crippen LogP contribution >= 0.6 is 15.9 Å². The number of carbonyl (C=O) groups excluding carboxylic acids is 2. The number of ether oxygens (including phenoxy) is 2. The van der Waals surface area contributed by atoms with Gasteiger partial charge in [0, 0.05) is 28.5 Å². The number of hydrogen-bond donors (Lipinski definition) is 5. The molecule has 0 radical (unpaired) electrons. The lowest BCUT2D eigenvalue weighted by molar-refractivity contribution is -0.135. The second kappa shape index (κ2) is 21.6. The van der Waals surface area contributed by atoms with Crippen molar-refractivity contribution in [3.05, 3.63) is 88.2 Å². The molecule has 1 heterocycles. The maximum absolute atomic E-state index is 13.0. The first-order chi connectivity index (χ1) is 25.9. The number of methoxy groups -OCH3 is 1. The van der Waals surface area contributed by atoms with Gasteiger partial charge in [0.15, 0.2) is 11.5 Å². The Morgan fingerprint density at radius 3 is 2.31 bits per heavy atom. The number of benzene rings is 3. The minimum absolute atomic E-state index is 0.0267. The summed E-state index contributed by atoms with van der Waals surface area (Å²) >= 11 is 3.56. The van der Waals surface area contributed by atoms with Gasteiger partial charge < -0.3 is 36.3 Å². The molecule has 0 spiro atoms. The molecule has 12 heteroatoms. The minimum atomic E-state index is -1.42. The standard InChI is InChI=1S/C42H57BrN6O5/c1-27(2)22-36(49-42(52)39(50)34(44)23-30-16-11-10-12-17-30)41(51)45-20-13-8-6-7-9-14-21-54-38-26-35-33(25-37(38)53-5)40(48-29(4)47-35)46-28(3)31-18-15-19-32(43)24-31/h10-12,15-19,24-28,34,36,39,50H,6-9,13-14,20-23,44H2,1-5H3,(H,45,51)(H,49,52)(H,46,47,48)/t28-,34-,36+,39+/m1/s1. The molecule has 0 saturated heterocycles. The molecular formula is C42H57BrN6O5. The number of nitrogens with zero attached hydrogens (tertiary/aromatic N) is 2. The number of anilines is 1. The predicted molar refractivity (Wildman–Crippen MR) is 219 cm³/mol. The van der Waals surface area contributed by atoms with E-state index in [9.17, 15) is 14.7 Å². The topological polar surface area (TPSA) is 161 Å². The summed E-state index contributed by atoms with van der Waals surface area (Å²) in [7, 11) is 1.64. The molecular weight excluding hydrogens is 748 g/mol. The van der Waals surface area contributed by atoms with Crippen LogP contribution in [0.3, 0.4) is 0 Å². The zero-order valence-electron chi connectivity index (χ0n) is 32.2. The summed E-state index contributed by atoms with van der Waals surface area (Å²) < 4.78 is 12.9. The lowest BCUT2D eigenvalue weighted by Gasteiger charge is -2.24. The first-order valence-corrected chi connectivity index (χ1v) is 19.8. The minimum Gasteiger partial charge on any atom is -0.493 e. The lowest BCUT2D eigenvalue weighted by Crippen LogP contribution is -2.54. The van der Waals surface area contributed by atoms with Gasteiger partial charge in [-0.3, -0.25) is 9.59 Å². The van der Waals surface area contributed by atoms with Gasteiger partial charge >= 0.3 is 0 Å². The molecule has 0 saturated carbocycles. The fraction of sp³-hybridized carbons (Fsp3) is 0.476. The molecule has 4 atom stereocenters. The first-order valence-electron chi connectivity index (χ1n) is 19.0. The second-order valence-corrected chi connectivity index (χ2v) is 15.2. The zero-order chi connectivity index (χ0) is 39.0. The van der Waals surface area contributed by atoms with Crippen molar-refractivity contribution < 1.29 is 24.2 Å². The van der Waals surface area contributed by atoms with Crippen molar-refractivity contribution in [2.24, 2.45) is 11.7 Å².